The Kier molecular flexibility index (Phi) is 5.99. The van der Waals surface area contributed by atoms with Gasteiger partial charge in [0.2, 0.25) is 11.2 Å². The van der Waals surface area contributed by atoms with Crippen LogP contribution >= 0.6 is 15.9 Å². The van der Waals surface area contributed by atoms with E-state index in [-0.39, 0.29) is 22.4 Å². The minimum absolute atomic E-state index is 0.0622. The number of fused-ring (bicyclic) bond motifs is 1. The summed E-state index contributed by atoms with van der Waals surface area (Å²) in [5, 5.41) is -0.158. The highest BCUT2D eigenvalue weighted by molar-refractivity contribution is 9.10. The van der Waals surface area contributed by atoms with Crippen LogP contribution in [0.5, 0.6) is 17.2 Å². The molecule has 168 valence electrons. The van der Waals surface area contributed by atoms with Crippen LogP contribution < -0.4 is 14.9 Å². The molecule has 0 fully saturated rings. The van der Waals surface area contributed by atoms with Gasteiger partial charge < -0.3 is 13.9 Å². The van der Waals surface area contributed by atoms with Crippen LogP contribution in [-0.4, -0.2) is 5.97 Å². The molecule has 0 aliphatic rings. The van der Waals surface area contributed by atoms with Crippen molar-refractivity contribution in [1.82, 2.24) is 0 Å². The summed E-state index contributed by atoms with van der Waals surface area (Å²) in [6.07, 6.45) is -5.00. The lowest BCUT2D eigenvalue weighted by molar-refractivity contribution is -0.154. The van der Waals surface area contributed by atoms with Crippen LogP contribution in [-0.2, 0) is 6.18 Å². The summed E-state index contributed by atoms with van der Waals surface area (Å²) in [7, 11) is 0. The summed E-state index contributed by atoms with van der Waals surface area (Å²) in [5.41, 5.74) is -0.429. The van der Waals surface area contributed by atoms with E-state index in [9.17, 15) is 22.8 Å². The van der Waals surface area contributed by atoms with Crippen LogP contribution in [0.15, 0.2) is 80.4 Å². The van der Waals surface area contributed by atoms with Crippen LogP contribution in [0.3, 0.4) is 0 Å². The summed E-state index contributed by atoms with van der Waals surface area (Å²) in [6.45, 7) is 1.73. The maximum atomic E-state index is 13.7. The van der Waals surface area contributed by atoms with Crippen molar-refractivity contribution >= 4 is 32.9 Å². The van der Waals surface area contributed by atoms with Gasteiger partial charge in [0, 0.05) is 10.5 Å². The molecule has 5 nitrogen and oxygen atoms in total. The number of esters is 1. The topological polar surface area (TPSA) is 65.7 Å². The zero-order valence-corrected chi connectivity index (χ0v) is 18.5. The second kappa shape index (κ2) is 8.74. The molecule has 3 aromatic carbocycles. The van der Waals surface area contributed by atoms with E-state index in [1.165, 1.54) is 36.4 Å². The van der Waals surface area contributed by atoms with Gasteiger partial charge >= 0.3 is 12.1 Å². The molecule has 0 saturated heterocycles. The fraction of sp³-hybridized carbons (Fsp3) is 0.0833. The van der Waals surface area contributed by atoms with E-state index in [0.717, 1.165) is 16.1 Å². The molecule has 0 unspecified atom stereocenters. The first-order chi connectivity index (χ1) is 15.6. The van der Waals surface area contributed by atoms with E-state index in [1.54, 1.807) is 31.2 Å². The largest absolute Gasteiger partial charge is 0.453 e. The smallest absolute Gasteiger partial charge is 0.449 e. The number of carbonyl (C=O) groups excluding carboxylic acids is 1. The SMILES string of the molecule is Cc1cccc(Oc2c(C(F)(F)F)oc3cc(OC(=O)c4ccc(Br)cc4)ccc3c2=O)c1. The molecule has 1 heterocycles. The van der Waals surface area contributed by atoms with E-state index in [0.29, 0.717) is 0 Å². The normalized spacial score (nSPS) is 11.4. The Morgan fingerprint density at radius 1 is 0.970 bits per heavy atom. The number of alkyl halides is 3. The molecule has 0 amide bonds. The standard InChI is InChI=1S/C24H14BrF3O5/c1-13-3-2-4-16(11-13)31-21-20(29)18-10-9-17(12-19(18)33-22(21)24(26,27)28)32-23(30)14-5-7-15(25)8-6-14/h2-12H,1H3. The third-order valence-corrected chi connectivity index (χ3v) is 5.11. The number of hydrogen-bond acceptors (Lipinski definition) is 5. The quantitative estimate of drug-likeness (QED) is 0.217. The zero-order valence-electron chi connectivity index (χ0n) is 16.9. The average molecular weight is 519 g/mol. The highest BCUT2D eigenvalue weighted by Gasteiger charge is 2.40. The molecule has 1 aromatic heterocycles. The molecule has 0 N–H and O–H groups in total. The summed E-state index contributed by atoms with van der Waals surface area (Å²) < 4.78 is 57.4. The maximum absolute atomic E-state index is 13.7. The third-order valence-electron chi connectivity index (χ3n) is 4.58. The summed E-state index contributed by atoms with van der Waals surface area (Å²) in [4.78, 5) is 25.2. The molecule has 4 rings (SSSR count). The Balaban J connectivity index is 1.75. The van der Waals surface area contributed by atoms with E-state index in [4.69, 9.17) is 13.9 Å². The van der Waals surface area contributed by atoms with Crippen molar-refractivity contribution in [1.29, 1.82) is 0 Å². The van der Waals surface area contributed by atoms with Gasteiger partial charge in [-0.3, -0.25) is 4.79 Å². The number of halogens is 4. The van der Waals surface area contributed by atoms with E-state index < -0.39 is 34.7 Å². The molecule has 4 aromatic rings. The minimum Gasteiger partial charge on any atom is -0.449 e. The van der Waals surface area contributed by atoms with Crippen molar-refractivity contribution in [3.05, 3.63) is 98.3 Å². The van der Waals surface area contributed by atoms with Gasteiger partial charge in [0.15, 0.2) is 0 Å². The maximum Gasteiger partial charge on any atom is 0.453 e. The van der Waals surface area contributed by atoms with Gasteiger partial charge in [-0.2, -0.15) is 13.2 Å². The molecule has 0 radical (unpaired) electrons. The second-order valence-corrected chi connectivity index (χ2v) is 7.98. The monoisotopic (exact) mass is 518 g/mol. The Labute approximate surface area is 193 Å². The Morgan fingerprint density at radius 2 is 1.70 bits per heavy atom. The average Bonchev–Trinajstić information content (AvgIpc) is 2.75. The molecule has 33 heavy (non-hydrogen) atoms. The first-order valence-electron chi connectivity index (χ1n) is 9.52. The fourth-order valence-corrected chi connectivity index (χ4v) is 3.31. The molecular weight excluding hydrogens is 505 g/mol. The molecule has 0 aliphatic carbocycles. The van der Waals surface area contributed by atoms with Crippen molar-refractivity contribution in [2.24, 2.45) is 0 Å². The highest BCUT2D eigenvalue weighted by Crippen LogP contribution is 2.38. The number of ether oxygens (including phenoxy) is 2. The van der Waals surface area contributed by atoms with Crippen LogP contribution in [0.25, 0.3) is 11.0 Å². The van der Waals surface area contributed by atoms with Gasteiger partial charge in [-0.05, 0) is 61.0 Å². The van der Waals surface area contributed by atoms with Gasteiger partial charge in [-0.15, -0.1) is 0 Å². The molecule has 0 atom stereocenters. The highest BCUT2D eigenvalue weighted by atomic mass is 79.9. The van der Waals surface area contributed by atoms with Gasteiger partial charge in [-0.25, -0.2) is 4.79 Å². The Bertz CT molecular complexity index is 1410. The summed E-state index contributed by atoms with van der Waals surface area (Å²) in [6, 6.07) is 16.1. The second-order valence-electron chi connectivity index (χ2n) is 7.06. The summed E-state index contributed by atoms with van der Waals surface area (Å²) in [5.74, 6) is -3.30. The van der Waals surface area contributed by atoms with Crippen molar-refractivity contribution in [2.75, 3.05) is 0 Å². The van der Waals surface area contributed by atoms with Crippen molar-refractivity contribution < 1.29 is 31.9 Å². The molecule has 0 bridgehead atoms. The minimum atomic E-state index is -5.00. The van der Waals surface area contributed by atoms with Crippen LogP contribution in [0.1, 0.15) is 21.7 Å². The lowest BCUT2D eigenvalue weighted by Crippen LogP contribution is -2.15. The lowest BCUT2D eigenvalue weighted by atomic mass is 10.2. The van der Waals surface area contributed by atoms with Gasteiger partial charge in [0.1, 0.15) is 17.1 Å². The van der Waals surface area contributed by atoms with Crippen LogP contribution in [0, 0.1) is 6.92 Å². The number of rotatable bonds is 4. The number of benzene rings is 3. The van der Waals surface area contributed by atoms with Gasteiger partial charge in [0.05, 0.1) is 10.9 Å². The molecular formula is C24H14BrF3O5. The van der Waals surface area contributed by atoms with Crippen molar-refractivity contribution in [2.45, 2.75) is 13.1 Å². The van der Waals surface area contributed by atoms with Gasteiger partial charge in [0.25, 0.3) is 5.76 Å². The fourth-order valence-electron chi connectivity index (χ4n) is 3.05. The lowest BCUT2D eigenvalue weighted by Gasteiger charge is -2.14. The van der Waals surface area contributed by atoms with E-state index in [1.807, 2.05) is 0 Å². The van der Waals surface area contributed by atoms with E-state index in [2.05, 4.69) is 15.9 Å². The Morgan fingerprint density at radius 3 is 2.36 bits per heavy atom. The first-order valence-corrected chi connectivity index (χ1v) is 10.3. The third kappa shape index (κ3) is 4.93. The molecule has 9 heteroatoms. The predicted octanol–water partition coefficient (Wildman–Crippen LogP) is 6.89. The van der Waals surface area contributed by atoms with Gasteiger partial charge in [-0.1, -0.05) is 28.1 Å². The molecule has 0 spiro atoms. The van der Waals surface area contributed by atoms with Crippen LogP contribution in [0.4, 0.5) is 13.2 Å². The number of carbonyl (C=O) groups is 1. The molecule has 0 aliphatic heterocycles. The van der Waals surface area contributed by atoms with Crippen molar-refractivity contribution in [3.63, 3.8) is 0 Å². The molecule has 0 saturated carbocycles. The van der Waals surface area contributed by atoms with Crippen LogP contribution in [0.2, 0.25) is 0 Å². The van der Waals surface area contributed by atoms with Crippen molar-refractivity contribution in [3.8, 4) is 17.2 Å². The first kappa shape index (κ1) is 22.6. The Hall–Kier alpha value is -3.59. The number of aryl methyl sites for hydroxylation is 1. The van der Waals surface area contributed by atoms with E-state index >= 15 is 0 Å². The summed E-state index contributed by atoms with van der Waals surface area (Å²) >= 11 is 3.25. The zero-order chi connectivity index (χ0) is 23.8. The number of hydrogen-bond donors (Lipinski definition) is 0. The predicted molar refractivity (Wildman–Crippen MR) is 118 cm³/mol.